The number of carboxylic acid groups (broad SMARTS) is 1. The van der Waals surface area contributed by atoms with Crippen LogP contribution in [-0.2, 0) is 22.4 Å². The summed E-state index contributed by atoms with van der Waals surface area (Å²) >= 11 is 0. The molecule has 10 heteroatoms. The number of hydrogen-bond donors (Lipinski definition) is 3. The average molecular weight is 525 g/mol. The van der Waals surface area contributed by atoms with E-state index in [-0.39, 0.29) is 23.9 Å². The molecule has 2 aliphatic rings. The Balaban J connectivity index is 1.53. The summed E-state index contributed by atoms with van der Waals surface area (Å²) < 4.78 is 13.8. The van der Waals surface area contributed by atoms with Gasteiger partial charge < -0.3 is 20.6 Å². The second-order valence-electron chi connectivity index (χ2n) is 9.86. The van der Waals surface area contributed by atoms with Gasteiger partial charge in [0.05, 0.1) is 12.0 Å². The number of carbonyl (C=O) groups is 4. The van der Waals surface area contributed by atoms with Crippen molar-refractivity contribution >= 4 is 29.6 Å². The highest BCUT2D eigenvalue weighted by Gasteiger charge is 2.40. The molecular formula is C28H33FN4O5. The monoisotopic (exact) mass is 524 g/mol. The molecule has 2 aromatic carbocycles. The molecular weight excluding hydrogens is 491 g/mol. The predicted molar refractivity (Wildman–Crippen MR) is 139 cm³/mol. The van der Waals surface area contributed by atoms with Crippen molar-refractivity contribution in [2.75, 3.05) is 18.9 Å². The predicted octanol–water partition coefficient (Wildman–Crippen LogP) is 4.43. The molecule has 0 saturated carbocycles. The average Bonchev–Trinajstić information content (AvgIpc) is 3.49. The third-order valence-electron chi connectivity index (χ3n) is 7.60. The Labute approximate surface area is 221 Å². The van der Waals surface area contributed by atoms with Crippen LogP contribution in [0.15, 0.2) is 36.4 Å². The number of nitrogens with zero attached hydrogens (tertiary/aromatic N) is 2. The van der Waals surface area contributed by atoms with Gasteiger partial charge in [-0.1, -0.05) is 19.1 Å². The molecule has 202 valence electrons. The van der Waals surface area contributed by atoms with E-state index in [1.54, 1.807) is 29.2 Å². The molecule has 0 spiro atoms. The standard InChI is InChI=1S/C28H33FN4O5/c1-4-17-13-19(29)7-10-22(17)24-12-5-16(2)33(24)25(34)15-32(28(37)38)26(35)23-9-6-18-14-20(8-11-21(18)23)31-27(36)30-3/h7-8,10-11,13-14,16,23-24H,4-6,9,12,15H2,1-3H3,(H,37,38)(H2,30,31,36)/t16-,23-,24-/m0/s1. The van der Waals surface area contributed by atoms with Crippen molar-refractivity contribution in [3.8, 4) is 0 Å². The number of hydrogen-bond acceptors (Lipinski definition) is 4. The minimum atomic E-state index is -1.48. The third kappa shape index (κ3) is 5.34. The smallest absolute Gasteiger partial charge is 0.414 e. The topological polar surface area (TPSA) is 119 Å². The van der Waals surface area contributed by atoms with E-state index in [2.05, 4.69) is 10.6 Å². The number of imide groups is 1. The molecule has 38 heavy (non-hydrogen) atoms. The van der Waals surface area contributed by atoms with Crippen LogP contribution >= 0.6 is 0 Å². The second kappa shape index (κ2) is 11.2. The Kier molecular flexibility index (Phi) is 7.99. The number of carbonyl (C=O) groups excluding carboxylic acids is 3. The number of anilines is 1. The normalized spacial score (nSPS) is 20.1. The van der Waals surface area contributed by atoms with E-state index in [0.29, 0.717) is 41.8 Å². The molecule has 1 aliphatic carbocycles. The highest BCUT2D eigenvalue weighted by atomic mass is 19.1. The maximum absolute atomic E-state index is 13.8. The van der Waals surface area contributed by atoms with Gasteiger partial charge in [-0.25, -0.2) is 18.9 Å². The van der Waals surface area contributed by atoms with Crippen LogP contribution in [0.25, 0.3) is 0 Å². The molecule has 1 fully saturated rings. The van der Waals surface area contributed by atoms with Crippen LogP contribution < -0.4 is 10.6 Å². The van der Waals surface area contributed by atoms with E-state index < -0.39 is 30.4 Å². The lowest BCUT2D eigenvalue weighted by atomic mass is 9.96. The number of urea groups is 1. The Morgan fingerprint density at radius 3 is 2.50 bits per heavy atom. The maximum Gasteiger partial charge on any atom is 0.414 e. The van der Waals surface area contributed by atoms with Crippen molar-refractivity contribution in [3.05, 3.63) is 64.5 Å². The number of nitrogens with one attached hydrogen (secondary N) is 2. The Bertz CT molecular complexity index is 1270. The first kappa shape index (κ1) is 27.1. The lowest BCUT2D eigenvalue weighted by Gasteiger charge is -2.32. The number of amides is 5. The van der Waals surface area contributed by atoms with Crippen molar-refractivity contribution in [2.45, 2.75) is 64.0 Å². The van der Waals surface area contributed by atoms with Gasteiger partial charge in [0.2, 0.25) is 11.8 Å². The number of halogens is 1. The van der Waals surface area contributed by atoms with E-state index >= 15 is 0 Å². The first-order chi connectivity index (χ1) is 18.1. The van der Waals surface area contributed by atoms with Crippen LogP contribution in [0, 0.1) is 5.82 Å². The van der Waals surface area contributed by atoms with Crippen molar-refractivity contribution in [3.63, 3.8) is 0 Å². The molecule has 1 saturated heterocycles. The van der Waals surface area contributed by atoms with Crippen molar-refractivity contribution in [1.82, 2.24) is 15.1 Å². The summed E-state index contributed by atoms with van der Waals surface area (Å²) in [6.45, 7) is 3.24. The highest BCUT2D eigenvalue weighted by Crippen LogP contribution is 2.39. The molecule has 0 bridgehead atoms. The van der Waals surface area contributed by atoms with Gasteiger partial charge in [0.1, 0.15) is 12.4 Å². The number of likely N-dealkylation sites (tertiary alicyclic amines) is 1. The number of rotatable bonds is 6. The molecule has 3 atom stereocenters. The zero-order valence-electron chi connectivity index (χ0n) is 21.8. The van der Waals surface area contributed by atoms with Gasteiger partial charge in [-0.05, 0) is 85.5 Å². The van der Waals surface area contributed by atoms with Gasteiger partial charge in [-0.15, -0.1) is 0 Å². The van der Waals surface area contributed by atoms with Gasteiger partial charge in [0.25, 0.3) is 0 Å². The van der Waals surface area contributed by atoms with Gasteiger partial charge in [-0.2, -0.15) is 0 Å². The van der Waals surface area contributed by atoms with Gasteiger partial charge in [0.15, 0.2) is 0 Å². The lowest BCUT2D eigenvalue weighted by molar-refractivity contribution is -0.141. The zero-order chi connectivity index (χ0) is 27.6. The quantitative estimate of drug-likeness (QED) is 0.517. The van der Waals surface area contributed by atoms with Crippen LogP contribution in [0.5, 0.6) is 0 Å². The van der Waals surface area contributed by atoms with E-state index in [0.717, 1.165) is 23.1 Å². The van der Waals surface area contributed by atoms with Crippen molar-refractivity contribution in [2.24, 2.45) is 0 Å². The second-order valence-corrected chi connectivity index (χ2v) is 9.86. The highest BCUT2D eigenvalue weighted by molar-refractivity contribution is 5.99. The van der Waals surface area contributed by atoms with Crippen LogP contribution in [0.1, 0.15) is 67.3 Å². The van der Waals surface area contributed by atoms with E-state index in [1.807, 2.05) is 13.8 Å². The number of benzene rings is 2. The fourth-order valence-corrected chi connectivity index (χ4v) is 5.71. The minimum absolute atomic E-state index is 0.147. The Morgan fingerprint density at radius 2 is 1.82 bits per heavy atom. The zero-order valence-corrected chi connectivity index (χ0v) is 21.8. The van der Waals surface area contributed by atoms with Gasteiger partial charge in [0, 0.05) is 18.8 Å². The molecule has 4 rings (SSSR count). The number of aryl methyl sites for hydroxylation is 2. The summed E-state index contributed by atoms with van der Waals surface area (Å²) in [5, 5.41) is 15.1. The third-order valence-corrected chi connectivity index (χ3v) is 7.60. The molecule has 0 aromatic heterocycles. The first-order valence-corrected chi connectivity index (χ1v) is 12.9. The van der Waals surface area contributed by atoms with Gasteiger partial charge in [-0.3, -0.25) is 9.59 Å². The molecule has 1 aliphatic heterocycles. The SMILES string of the molecule is CCc1cc(F)ccc1[C@@H]1CC[C@H](C)N1C(=O)CN(C(=O)O)C(=O)[C@H]1CCc2cc(NC(=O)NC)ccc21. The Hall–Kier alpha value is -3.95. The fraction of sp³-hybridized carbons (Fsp3) is 0.429. The summed E-state index contributed by atoms with van der Waals surface area (Å²) in [5.74, 6) is -2.13. The van der Waals surface area contributed by atoms with Crippen molar-refractivity contribution < 1.29 is 28.7 Å². The molecule has 9 nitrogen and oxygen atoms in total. The number of fused-ring (bicyclic) bond motifs is 1. The largest absolute Gasteiger partial charge is 0.465 e. The molecule has 2 aromatic rings. The van der Waals surface area contributed by atoms with Crippen LogP contribution in [0.4, 0.5) is 19.7 Å². The van der Waals surface area contributed by atoms with E-state index in [9.17, 15) is 28.7 Å². The molecule has 1 heterocycles. The van der Waals surface area contributed by atoms with Crippen LogP contribution in [-0.4, -0.2) is 58.5 Å². The molecule has 3 N–H and O–H groups in total. The molecule has 0 radical (unpaired) electrons. The summed E-state index contributed by atoms with van der Waals surface area (Å²) in [5.41, 5.74) is 3.78. The molecule has 5 amide bonds. The van der Waals surface area contributed by atoms with Crippen LogP contribution in [0.3, 0.4) is 0 Å². The van der Waals surface area contributed by atoms with Crippen LogP contribution in [0.2, 0.25) is 0 Å². The van der Waals surface area contributed by atoms with E-state index in [1.165, 1.54) is 19.2 Å². The summed E-state index contributed by atoms with van der Waals surface area (Å²) in [6, 6.07) is 8.88. The Morgan fingerprint density at radius 1 is 1.08 bits per heavy atom. The first-order valence-electron chi connectivity index (χ1n) is 12.9. The fourth-order valence-electron chi connectivity index (χ4n) is 5.71. The maximum atomic E-state index is 13.8. The molecule has 0 unspecified atom stereocenters. The lowest BCUT2D eigenvalue weighted by Crippen LogP contribution is -2.48. The van der Waals surface area contributed by atoms with Gasteiger partial charge >= 0.3 is 12.1 Å². The minimum Gasteiger partial charge on any atom is -0.465 e. The van der Waals surface area contributed by atoms with Crippen molar-refractivity contribution in [1.29, 1.82) is 0 Å². The van der Waals surface area contributed by atoms with E-state index in [4.69, 9.17) is 0 Å². The summed E-state index contributed by atoms with van der Waals surface area (Å²) in [4.78, 5) is 53.0. The summed E-state index contributed by atoms with van der Waals surface area (Å²) in [7, 11) is 1.51. The summed E-state index contributed by atoms with van der Waals surface area (Å²) in [6.07, 6.45) is 1.48.